The van der Waals surface area contributed by atoms with Gasteiger partial charge in [0.05, 0.1) is 11.0 Å². The van der Waals surface area contributed by atoms with Crippen molar-refractivity contribution in [3.05, 3.63) is 65.5 Å². The molecule has 2 aromatic carbocycles. The van der Waals surface area contributed by atoms with Gasteiger partial charge in [0.1, 0.15) is 12.4 Å². The van der Waals surface area contributed by atoms with Gasteiger partial charge >= 0.3 is 6.09 Å². The third kappa shape index (κ3) is 3.87. The number of para-hydroxylation sites is 2. The summed E-state index contributed by atoms with van der Waals surface area (Å²) in [5, 5.41) is 2.58. The maximum absolute atomic E-state index is 13.0. The van der Waals surface area contributed by atoms with E-state index in [1.165, 1.54) is 6.07 Å². The van der Waals surface area contributed by atoms with Crippen LogP contribution in [0, 0.1) is 11.6 Å². The number of benzene rings is 2. The first-order valence-corrected chi connectivity index (χ1v) is 7.40. The van der Waals surface area contributed by atoms with Crippen molar-refractivity contribution in [3.63, 3.8) is 0 Å². The fourth-order valence-corrected chi connectivity index (χ4v) is 2.24. The van der Waals surface area contributed by atoms with E-state index < -0.39 is 17.7 Å². The fourth-order valence-electron chi connectivity index (χ4n) is 2.24. The highest BCUT2D eigenvalue weighted by Crippen LogP contribution is 2.11. The minimum Gasteiger partial charge on any atom is -0.445 e. The average molecular weight is 331 g/mol. The van der Waals surface area contributed by atoms with Crippen LogP contribution in [0.2, 0.25) is 0 Å². The molecule has 0 aliphatic heterocycles. The molecule has 5 nitrogen and oxygen atoms in total. The van der Waals surface area contributed by atoms with Crippen molar-refractivity contribution in [3.8, 4) is 0 Å². The number of H-pyrrole nitrogens is 1. The van der Waals surface area contributed by atoms with Crippen molar-refractivity contribution in [1.29, 1.82) is 0 Å². The summed E-state index contributed by atoms with van der Waals surface area (Å²) in [5.41, 5.74) is 2.18. The van der Waals surface area contributed by atoms with Crippen LogP contribution in [0.1, 0.15) is 11.4 Å². The lowest BCUT2D eigenvalue weighted by Gasteiger charge is -2.06. The van der Waals surface area contributed by atoms with Crippen LogP contribution >= 0.6 is 0 Å². The van der Waals surface area contributed by atoms with E-state index in [2.05, 4.69) is 15.3 Å². The standard InChI is InChI=1S/C17H15F2N3O2/c18-12-6-5-11(9-13(12)19)10-24-17(23)20-8-7-16-21-14-3-1-2-4-15(14)22-16/h1-6,9H,7-8,10H2,(H,20,23)(H,21,22). The molecule has 0 spiro atoms. The molecule has 0 unspecified atom stereocenters. The van der Waals surface area contributed by atoms with Gasteiger partial charge in [0, 0.05) is 13.0 Å². The maximum Gasteiger partial charge on any atom is 0.407 e. The molecular weight excluding hydrogens is 316 g/mol. The molecule has 0 aliphatic carbocycles. The van der Waals surface area contributed by atoms with Crippen molar-refractivity contribution >= 4 is 17.1 Å². The van der Waals surface area contributed by atoms with E-state index in [0.29, 0.717) is 18.5 Å². The minimum atomic E-state index is -0.971. The molecule has 24 heavy (non-hydrogen) atoms. The van der Waals surface area contributed by atoms with Gasteiger partial charge in [-0.3, -0.25) is 0 Å². The Hall–Kier alpha value is -2.96. The zero-order valence-corrected chi connectivity index (χ0v) is 12.7. The zero-order chi connectivity index (χ0) is 16.9. The number of halogens is 2. The molecule has 3 aromatic rings. The van der Waals surface area contributed by atoms with Gasteiger partial charge in [-0.15, -0.1) is 0 Å². The first-order valence-electron chi connectivity index (χ1n) is 7.40. The number of imidazole rings is 1. The van der Waals surface area contributed by atoms with E-state index in [1.807, 2.05) is 24.3 Å². The van der Waals surface area contributed by atoms with Gasteiger partial charge in [-0.25, -0.2) is 18.6 Å². The summed E-state index contributed by atoms with van der Waals surface area (Å²) >= 11 is 0. The van der Waals surface area contributed by atoms with Crippen LogP contribution in [0.15, 0.2) is 42.5 Å². The van der Waals surface area contributed by atoms with Gasteiger partial charge in [0.2, 0.25) is 0 Å². The fraction of sp³-hybridized carbons (Fsp3) is 0.176. The van der Waals surface area contributed by atoms with Gasteiger partial charge < -0.3 is 15.0 Å². The molecule has 7 heteroatoms. The smallest absolute Gasteiger partial charge is 0.407 e. The number of rotatable bonds is 5. The number of carbonyl (C=O) groups excluding carboxylic acids is 1. The molecule has 0 saturated heterocycles. The predicted molar refractivity (Wildman–Crippen MR) is 84.3 cm³/mol. The number of aromatic amines is 1. The lowest BCUT2D eigenvalue weighted by atomic mass is 10.2. The zero-order valence-electron chi connectivity index (χ0n) is 12.7. The number of amides is 1. The Labute approximate surface area is 136 Å². The summed E-state index contributed by atoms with van der Waals surface area (Å²) in [5.74, 6) is -1.15. The van der Waals surface area contributed by atoms with E-state index in [0.717, 1.165) is 29.0 Å². The number of alkyl carbamates (subject to hydrolysis) is 1. The molecular formula is C17H15F2N3O2. The van der Waals surface area contributed by atoms with E-state index in [-0.39, 0.29) is 6.61 Å². The second-order valence-corrected chi connectivity index (χ2v) is 5.20. The van der Waals surface area contributed by atoms with E-state index >= 15 is 0 Å². The van der Waals surface area contributed by atoms with Gasteiger partial charge in [-0.1, -0.05) is 18.2 Å². The lowest BCUT2D eigenvalue weighted by molar-refractivity contribution is 0.139. The summed E-state index contributed by atoms with van der Waals surface area (Å²) in [6, 6.07) is 11.0. The van der Waals surface area contributed by atoms with E-state index in [1.54, 1.807) is 0 Å². The summed E-state index contributed by atoms with van der Waals surface area (Å²) in [7, 11) is 0. The average Bonchev–Trinajstić information content (AvgIpc) is 2.98. The number of nitrogens with zero attached hydrogens (tertiary/aromatic N) is 1. The van der Waals surface area contributed by atoms with Crippen molar-refractivity contribution in [1.82, 2.24) is 15.3 Å². The van der Waals surface area contributed by atoms with Gasteiger partial charge in [0.25, 0.3) is 0 Å². The van der Waals surface area contributed by atoms with Crippen molar-refractivity contribution in [2.75, 3.05) is 6.54 Å². The number of fused-ring (bicyclic) bond motifs is 1. The Balaban J connectivity index is 1.44. The van der Waals surface area contributed by atoms with Gasteiger partial charge in [-0.2, -0.15) is 0 Å². The van der Waals surface area contributed by atoms with Gasteiger partial charge in [-0.05, 0) is 29.8 Å². The van der Waals surface area contributed by atoms with Crippen LogP contribution in [-0.2, 0) is 17.8 Å². The van der Waals surface area contributed by atoms with Crippen LogP contribution in [0.5, 0.6) is 0 Å². The number of hydrogen-bond acceptors (Lipinski definition) is 3. The molecule has 1 amide bonds. The van der Waals surface area contributed by atoms with Crippen LogP contribution in [-0.4, -0.2) is 22.6 Å². The predicted octanol–water partition coefficient (Wildman–Crippen LogP) is 3.31. The first-order chi connectivity index (χ1) is 11.6. The number of nitrogens with one attached hydrogen (secondary N) is 2. The molecule has 0 fully saturated rings. The summed E-state index contributed by atoms with van der Waals surface area (Å²) in [4.78, 5) is 19.2. The number of aromatic nitrogens is 2. The summed E-state index contributed by atoms with van der Waals surface area (Å²) in [6.45, 7) is 0.212. The topological polar surface area (TPSA) is 67.0 Å². The van der Waals surface area contributed by atoms with Crippen LogP contribution in [0.4, 0.5) is 13.6 Å². The Morgan fingerprint density at radius 3 is 2.79 bits per heavy atom. The largest absolute Gasteiger partial charge is 0.445 e. The highest BCUT2D eigenvalue weighted by Gasteiger charge is 2.07. The van der Waals surface area contributed by atoms with Crippen LogP contribution < -0.4 is 5.32 Å². The molecule has 1 aromatic heterocycles. The quantitative estimate of drug-likeness (QED) is 0.754. The Kier molecular flexibility index (Phi) is 4.69. The third-order valence-corrected chi connectivity index (χ3v) is 3.42. The highest BCUT2D eigenvalue weighted by atomic mass is 19.2. The number of carbonyl (C=O) groups is 1. The van der Waals surface area contributed by atoms with E-state index in [9.17, 15) is 13.6 Å². The summed E-state index contributed by atoms with van der Waals surface area (Å²) in [6.07, 6.45) is -0.106. The van der Waals surface area contributed by atoms with Crippen LogP contribution in [0.25, 0.3) is 11.0 Å². The maximum atomic E-state index is 13.0. The summed E-state index contributed by atoms with van der Waals surface area (Å²) < 4.78 is 30.8. The second kappa shape index (κ2) is 7.08. The Morgan fingerprint density at radius 2 is 2.00 bits per heavy atom. The minimum absolute atomic E-state index is 0.131. The molecule has 1 heterocycles. The first kappa shape index (κ1) is 15.9. The highest BCUT2D eigenvalue weighted by molar-refractivity contribution is 5.74. The Morgan fingerprint density at radius 1 is 1.17 bits per heavy atom. The molecule has 0 radical (unpaired) electrons. The second-order valence-electron chi connectivity index (χ2n) is 5.20. The lowest BCUT2D eigenvalue weighted by Crippen LogP contribution is -2.26. The number of hydrogen-bond donors (Lipinski definition) is 2. The van der Waals surface area contributed by atoms with Gasteiger partial charge in [0.15, 0.2) is 11.6 Å². The molecule has 0 aliphatic rings. The van der Waals surface area contributed by atoms with Crippen LogP contribution in [0.3, 0.4) is 0 Å². The normalized spacial score (nSPS) is 10.8. The molecule has 0 bridgehead atoms. The molecule has 0 saturated carbocycles. The van der Waals surface area contributed by atoms with Crippen molar-refractivity contribution in [2.45, 2.75) is 13.0 Å². The van der Waals surface area contributed by atoms with E-state index in [4.69, 9.17) is 4.74 Å². The molecule has 3 rings (SSSR count). The SMILES string of the molecule is O=C(NCCc1nc2ccccc2[nH]1)OCc1ccc(F)c(F)c1. The third-order valence-electron chi connectivity index (χ3n) is 3.42. The molecule has 0 atom stereocenters. The molecule has 2 N–H and O–H groups in total. The van der Waals surface area contributed by atoms with Crippen molar-refractivity contribution < 1.29 is 18.3 Å². The number of ether oxygens (including phenoxy) is 1. The Bertz CT molecular complexity index is 831. The molecule has 124 valence electrons. The van der Waals surface area contributed by atoms with Crippen molar-refractivity contribution in [2.24, 2.45) is 0 Å². The monoisotopic (exact) mass is 331 g/mol.